The summed E-state index contributed by atoms with van der Waals surface area (Å²) >= 11 is -2.48. The van der Waals surface area contributed by atoms with Crippen molar-refractivity contribution in [2.24, 2.45) is 5.84 Å². The van der Waals surface area contributed by atoms with E-state index in [1.54, 1.807) is 13.8 Å². The third kappa shape index (κ3) is 5.05. The fraction of sp³-hybridized carbons (Fsp3) is 0.500. The zero-order valence-electron chi connectivity index (χ0n) is 18.5. The molecule has 33 heavy (non-hydrogen) atoms. The first-order valence-electron chi connectivity index (χ1n) is 10.1. The van der Waals surface area contributed by atoms with Crippen LogP contribution in [0.15, 0.2) is 17.3 Å². The number of aliphatic hydroxyl groups is 1. The van der Waals surface area contributed by atoms with Gasteiger partial charge in [0.15, 0.2) is 22.9 Å². The fourth-order valence-electron chi connectivity index (χ4n) is 3.62. The zero-order valence-corrected chi connectivity index (χ0v) is 19.3. The monoisotopic (exact) mass is 490 g/mol. The number of fused-ring (bicyclic) bond motifs is 1. The molecular formula is C20H25F3N4O5S. The maximum Gasteiger partial charge on any atom is 0.586 e. The predicted molar refractivity (Wildman–Crippen MR) is 111 cm³/mol. The fourth-order valence-corrected chi connectivity index (χ4v) is 4.45. The van der Waals surface area contributed by atoms with E-state index in [9.17, 15) is 22.5 Å². The Morgan fingerprint density at radius 1 is 1.33 bits per heavy atom. The van der Waals surface area contributed by atoms with Gasteiger partial charge in [-0.3, -0.25) is 9.48 Å². The summed E-state index contributed by atoms with van der Waals surface area (Å²) < 4.78 is 65.1. The van der Waals surface area contributed by atoms with Crippen molar-refractivity contribution in [3.05, 3.63) is 34.8 Å². The van der Waals surface area contributed by atoms with Crippen molar-refractivity contribution in [3.8, 4) is 11.5 Å². The van der Waals surface area contributed by atoms with Crippen LogP contribution in [0, 0.1) is 5.82 Å². The molecule has 9 nitrogen and oxygen atoms in total. The first-order chi connectivity index (χ1) is 15.4. The number of carbonyl (C=O) groups excluding carboxylic acids is 1. The molecule has 1 amide bonds. The van der Waals surface area contributed by atoms with E-state index in [1.165, 1.54) is 6.07 Å². The Kier molecular flexibility index (Phi) is 7.17. The van der Waals surface area contributed by atoms with Crippen LogP contribution in [0.4, 0.5) is 13.2 Å². The molecule has 2 heterocycles. The topological polar surface area (TPSA) is 126 Å². The van der Waals surface area contributed by atoms with Gasteiger partial charge >= 0.3 is 11.3 Å². The Morgan fingerprint density at radius 2 is 2.00 bits per heavy atom. The van der Waals surface area contributed by atoms with Gasteiger partial charge < -0.3 is 19.1 Å². The predicted octanol–water partition coefficient (Wildman–Crippen LogP) is 2.55. The minimum Gasteiger partial charge on any atom is -0.585 e. The van der Waals surface area contributed by atoms with Gasteiger partial charge in [-0.25, -0.2) is 5.84 Å². The number of aromatic nitrogens is 2. The molecule has 0 unspecified atom stereocenters. The third-order valence-electron chi connectivity index (χ3n) is 5.01. The quantitative estimate of drug-likeness (QED) is 0.252. The van der Waals surface area contributed by atoms with Gasteiger partial charge in [0.2, 0.25) is 5.82 Å². The second-order valence-electron chi connectivity index (χ2n) is 8.08. The molecule has 0 aliphatic carbocycles. The second-order valence-corrected chi connectivity index (χ2v) is 9.35. The Labute approximate surface area is 191 Å². The molecule has 1 aliphatic rings. The first kappa shape index (κ1) is 25.1. The first-order valence-corrected chi connectivity index (χ1v) is 11.3. The average molecular weight is 491 g/mol. The highest BCUT2D eigenvalue weighted by molar-refractivity contribution is 7.89. The summed E-state index contributed by atoms with van der Waals surface area (Å²) in [4.78, 5) is 12.9. The van der Waals surface area contributed by atoms with E-state index >= 15 is 0 Å². The van der Waals surface area contributed by atoms with Crippen LogP contribution in [0.5, 0.6) is 11.5 Å². The van der Waals surface area contributed by atoms with Crippen LogP contribution in [0.25, 0.3) is 0 Å². The number of alkyl halides is 2. The maximum absolute atomic E-state index is 14.1. The van der Waals surface area contributed by atoms with Gasteiger partial charge in [0.25, 0.3) is 5.91 Å². The highest BCUT2D eigenvalue weighted by Gasteiger charge is 2.46. The molecule has 1 aliphatic heterocycles. The van der Waals surface area contributed by atoms with E-state index in [4.69, 9.17) is 15.7 Å². The molecule has 1 atom stereocenters. The van der Waals surface area contributed by atoms with Crippen LogP contribution in [0.2, 0.25) is 0 Å². The summed E-state index contributed by atoms with van der Waals surface area (Å²) in [6.07, 6.45) is -3.31. The summed E-state index contributed by atoms with van der Waals surface area (Å²) in [6, 6.07) is 1.39. The highest BCUT2D eigenvalue weighted by Crippen LogP contribution is 2.49. The van der Waals surface area contributed by atoms with Crippen molar-refractivity contribution >= 4 is 17.3 Å². The number of ether oxygens (including phenoxy) is 2. The largest absolute Gasteiger partial charge is 0.586 e. The van der Waals surface area contributed by atoms with Gasteiger partial charge in [-0.15, -0.1) is 13.9 Å². The SMILES string of the molecule is CC(C)c1cc2c(c(C(C)C)c1CC(=O)N(N)[S@+]([O-])c1nn(CCO)cc1F)OC(F)(F)O2. The number of carbonyl (C=O) groups is 1. The van der Waals surface area contributed by atoms with Crippen LogP contribution >= 0.6 is 0 Å². The smallest absolute Gasteiger partial charge is 0.585 e. The lowest BCUT2D eigenvalue weighted by Gasteiger charge is -2.23. The van der Waals surface area contributed by atoms with Crippen molar-refractivity contribution in [2.75, 3.05) is 6.61 Å². The van der Waals surface area contributed by atoms with Gasteiger partial charge in [-0.05, 0) is 29.0 Å². The Bertz CT molecular complexity index is 1050. The lowest BCUT2D eigenvalue weighted by Crippen LogP contribution is -2.44. The van der Waals surface area contributed by atoms with Gasteiger partial charge in [0, 0.05) is 5.56 Å². The Balaban J connectivity index is 1.96. The molecule has 0 radical (unpaired) electrons. The van der Waals surface area contributed by atoms with Gasteiger partial charge in [-0.1, -0.05) is 32.1 Å². The lowest BCUT2D eigenvalue weighted by atomic mass is 9.86. The van der Waals surface area contributed by atoms with E-state index < -0.39 is 40.8 Å². The normalized spacial score (nSPS) is 15.4. The minimum atomic E-state index is -3.84. The van der Waals surface area contributed by atoms with E-state index in [2.05, 4.69) is 9.84 Å². The lowest BCUT2D eigenvalue weighted by molar-refractivity contribution is -0.287. The molecule has 0 saturated carbocycles. The maximum atomic E-state index is 14.1. The summed E-state index contributed by atoms with van der Waals surface area (Å²) in [7, 11) is 0. The number of amides is 1. The zero-order chi connectivity index (χ0) is 24.7. The molecule has 0 bridgehead atoms. The highest BCUT2D eigenvalue weighted by atomic mass is 32.2. The van der Waals surface area contributed by atoms with Gasteiger partial charge in [0.05, 0.1) is 25.8 Å². The molecule has 2 aromatic rings. The summed E-state index contributed by atoms with van der Waals surface area (Å²) in [5.41, 5.74) is 1.30. The molecule has 13 heteroatoms. The molecule has 0 fully saturated rings. The molecular weight excluding hydrogens is 465 g/mol. The number of nitrogens with two attached hydrogens (primary N) is 1. The van der Waals surface area contributed by atoms with Crippen molar-refractivity contribution < 1.29 is 37.1 Å². The van der Waals surface area contributed by atoms with Gasteiger partial charge in [-0.2, -0.15) is 4.39 Å². The average Bonchev–Trinajstić information content (AvgIpc) is 3.23. The number of nitrogens with zero attached hydrogens (tertiary/aromatic N) is 3. The minimum absolute atomic E-state index is 0.0377. The summed E-state index contributed by atoms with van der Waals surface area (Å²) in [5, 5.41) is 12.1. The van der Waals surface area contributed by atoms with Crippen LogP contribution in [-0.4, -0.2) is 42.7 Å². The standard InChI is InChI=1S/C20H25F3N4O5S/c1-10(2)12-7-15-18(32-20(22,23)31-15)17(11(3)4)13(12)8-16(29)27(24)33(30)19-14(21)9-26(25-19)5-6-28/h7,9-11,28H,5-6,8,24H2,1-4H3/t33-/m1/s1. The number of hydrogen-bond acceptors (Lipinski definition) is 7. The van der Waals surface area contributed by atoms with Crippen molar-refractivity contribution in [2.45, 2.75) is 63.8 Å². The Morgan fingerprint density at radius 3 is 2.58 bits per heavy atom. The van der Waals surface area contributed by atoms with Crippen molar-refractivity contribution in [1.29, 1.82) is 0 Å². The van der Waals surface area contributed by atoms with Crippen molar-refractivity contribution in [3.63, 3.8) is 0 Å². The number of aliphatic hydroxyl groups excluding tert-OH is 1. The number of hydrogen-bond donors (Lipinski definition) is 2. The number of halogens is 3. The van der Waals surface area contributed by atoms with E-state index in [-0.39, 0.29) is 36.5 Å². The molecule has 1 aromatic carbocycles. The van der Waals surface area contributed by atoms with E-state index in [1.807, 2.05) is 13.8 Å². The summed E-state index contributed by atoms with van der Waals surface area (Å²) in [6.45, 7) is 6.76. The van der Waals surface area contributed by atoms with E-state index in [0.29, 0.717) is 21.1 Å². The second kappa shape index (κ2) is 9.41. The molecule has 182 valence electrons. The molecule has 3 rings (SSSR count). The summed E-state index contributed by atoms with van der Waals surface area (Å²) in [5.74, 6) is 3.12. The molecule has 1 aromatic heterocycles. The van der Waals surface area contributed by atoms with Crippen LogP contribution in [0.1, 0.15) is 56.2 Å². The van der Waals surface area contributed by atoms with E-state index in [0.717, 1.165) is 10.9 Å². The van der Waals surface area contributed by atoms with Crippen LogP contribution in [0.3, 0.4) is 0 Å². The Hall–Kier alpha value is -2.48. The molecule has 0 saturated heterocycles. The number of rotatable bonds is 8. The van der Waals surface area contributed by atoms with Crippen LogP contribution in [-0.2, 0) is 29.1 Å². The third-order valence-corrected chi connectivity index (χ3v) is 6.18. The van der Waals surface area contributed by atoms with Crippen LogP contribution < -0.4 is 15.3 Å². The number of hydrazine groups is 1. The van der Waals surface area contributed by atoms with Crippen molar-refractivity contribution in [1.82, 2.24) is 14.2 Å². The molecule has 0 spiro atoms. The van der Waals surface area contributed by atoms with Gasteiger partial charge in [0.1, 0.15) is 0 Å². The molecule has 3 N–H and O–H groups in total. The number of benzene rings is 1.